The lowest BCUT2D eigenvalue weighted by atomic mass is 10.0. The Morgan fingerprint density at radius 3 is 1.33 bits per heavy atom. The number of amides is 1. The van der Waals surface area contributed by atoms with Crippen LogP contribution in [0.1, 0.15) is 258 Å². The molecule has 0 fully saturated rings. The Hall–Kier alpha value is -2.70. The van der Waals surface area contributed by atoms with Crippen LogP contribution in [0.4, 0.5) is 0 Å². The van der Waals surface area contributed by atoms with Gasteiger partial charge in [0.2, 0.25) is 5.91 Å². The number of esters is 1. The first-order valence-electron chi connectivity index (χ1n) is 27.2. The van der Waals surface area contributed by atoms with Crippen molar-refractivity contribution in [1.29, 1.82) is 0 Å². The molecule has 6 heteroatoms. The summed E-state index contributed by atoms with van der Waals surface area (Å²) in [7, 11) is 0. The van der Waals surface area contributed by atoms with E-state index in [-0.39, 0.29) is 24.9 Å². The minimum Gasteiger partial charge on any atom is -0.462 e. The summed E-state index contributed by atoms with van der Waals surface area (Å²) in [5.74, 6) is -0.517. The fourth-order valence-corrected chi connectivity index (χ4v) is 7.98. The largest absolute Gasteiger partial charge is 0.462 e. The number of aliphatic hydroxyl groups is 2. The van der Waals surface area contributed by atoms with E-state index in [4.69, 9.17) is 4.74 Å². The summed E-state index contributed by atoms with van der Waals surface area (Å²) in [5, 5.41) is 23.7. The summed E-state index contributed by atoms with van der Waals surface area (Å²) >= 11 is 0. The summed E-state index contributed by atoms with van der Waals surface area (Å²) in [6, 6.07) is -0.718. The maximum atomic E-state index is 13.2. The number of aliphatic hydroxyl groups excluding tert-OH is 2. The van der Waals surface area contributed by atoms with Gasteiger partial charge in [-0.25, -0.2) is 0 Å². The van der Waals surface area contributed by atoms with Crippen molar-refractivity contribution in [3.05, 3.63) is 72.9 Å². The van der Waals surface area contributed by atoms with Gasteiger partial charge in [-0.3, -0.25) is 9.59 Å². The van der Waals surface area contributed by atoms with Crippen molar-refractivity contribution in [3.8, 4) is 0 Å². The Kier molecular flexibility index (Phi) is 49.1. The third-order valence-corrected chi connectivity index (χ3v) is 12.1. The fourth-order valence-electron chi connectivity index (χ4n) is 7.98. The first kappa shape index (κ1) is 61.3. The molecule has 0 radical (unpaired) electrons. The average Bonchev–Trinajstić information content (AvgIpc) is 3.29. The van der Waals surface area contributed by atoms with Crippen LogP contribution in [0.2, 0.25) is 0 Å². The van der Waals surface area contributed by atoms with Gasteiger partial charge in [0.15, 0.2) is 0 Å². The second-order valence-electron chi connectivity index (χ2n) is 18.4. The highest BCUT2D eigenvalue weighted by Crippen LogP contribution is 2.17. The normalized spacial score (nSPS) is 13.8. The van der Waals surface area contributed by atoms with E-state index in [1.807, 2.05) is 36.5 Å². The van der Waals surface area contributed by atoms with Crippen LogP contribution in [0.5, 0.6) is 0 Å². The van der Waals surface area contributed by atoms with Gasteiger partial charge in [-0.1, -0.05) is 248 Å². The maximum absolute atomic E-state index is 13.2. The zero-order valence-electron chi connectivity index (χ0n) is 42.1. The van der Waals surface area contributed by atoms with Gasteiger partial charge < -0.3 is 20.3 Å². The summed E-state index contributed by atoms with van der Waals surface area (Å²) in [6.45, 7) is 6.37. The molecule has 0 bridgehead atoms. The quantitative estimate of drug-likeness (QED) is 0.0245. The van der Waals surface area contributed by atoms with E-state index in [1.54, 1.807) is 0 Å². The Balaban J connectivity index is 4.63. The van der Waals surface area contributed by atoms with Crippen LogP contribution in [0.15, 0.2) is 72.9 Å². The molecule has 0 aliphatic carbocycles. The Bertz CT molecular complexity index is 1190. The highest BCUT2D eigenvalue weighted by molar-refractivity contribution is 5.77. The predicted molar refractivity (Wildman–Crippen MR) is 278 cm³/mol. The molecule has 0 aromatic rings. The van der Waals surface area contributed by atoms with Crippen molar-refractivity contribution in [2.24, 2.45) is 0 Å². The molecule has 0 aliphatic heterocycles. The molecule has 0 aromatic carbocycles. The lowest BCUT2D eigenvalue weighted by Gasteiger charge is -2.24. The van der Waals surface area contributed by atoms with Crippen molar-refractivity contribution in [2.45, 2.75) is 277 Å². The molecule has 0 saturated heterocycles. The first-order chi connectivity index (χ1) is 31.5. The monoisotopic (exact) mass is 894 g/mol. The predicted octanol–water partition coefficient (Wildman–Crippen LogP) is 16.6. The van der Waals surface area contributed by atoms with Crippen LogP contribution in [0.3, 0.4) is 0 Å². The highest BCUT2D eigenvalue weighted by Gasteiger charge is 2.24. The molecule has 0 rings (SSSR count). The first-order valence-corrected chi connectivity index (χ1v) is 27.2. The number of hydrogen-bond acceptors (Lipinski definition) is 5. The third-order valence-electron chi connectivity index (χ3n) is 12.1. The van der Waals surface area contributed by atoms with Crippen LogP contribution in [-0.4, -0.2) is 46.9 Å². The van der Waals surface area contributed by atoms with E-state index in [0.29, 0.717) is 19.3 Å². The lowest BCUT2D eigenvalue weighted by molar-refractivity contribution is -0.151. The molecule has 0 aromatic heterocycles. The molecule has 3 atom stereocenters. The van der Waals surface area contributed by atoms with E-state index in [0.717, 1.165) is 70.6 Å². The topological polar surface area (TPSA) is 95.9 Å². The molecular formula is C58H103NO5. The standard InChI is InChI=1S/C58H103NO5/c1-4-7-10-13-16-19-22-24-26-28-29-30-32-34-36-39-42-45-48-51-58(63)64-54(49-46-43-40-37-35-33-31-27-25-23-20-17-14-11-8-5-2)52-57(62)59-55(53-60)56(61)50-47-44-41-38-21-18-15-12-9-6-3/h11,14,17,20,23-27,31,33,35,54-56,60-61H,4-10,12-13,15-16,18-19,21-22,28-30,32,34,36-53H2,1-3H3,(H,59,62)/b14-11+,20-17+,25-23+,26-24+,31-27+,35-33+. The van der Waals surface area contributed by atoms with E-state index in [1.165, 1.54) is 141 Å². The van der Waals surface area contributed by atoms with Crippen LogP contribution in [-0.2, 0) is 14.3 Å². The molecular weight excluding hydrogens is 791 g/mol. The number of unbranched alkanes of at least 4 members (excludes halogenated alkanes) is 28. The van der Waals surface area contributed by atoms with Crippen LogP contribution >= 0.6 is 0 Å². The molecule has 1 amide bonds. The lowest BCUT2D eigenvalue weighted by Crippen LogP contribution is -2.46. The number of rotatable bonds is 48. The van der Waals surface area contributed by atoms with Gasteiger partial charge >= 0.3 is 5.97 Å². The van der Waals surface area contributed by atoms with Gasteiger partial charge in [0.25, 0.3) is 0 Å². The summed E-state index contributed by atoms with van der Waals surface area (Å²) in [5.41, 5.74) is 0. The van der Waals surface area contributed by atoms with Crippen molar-refractivity contribution in [1.82, 2.24) is 5.32 Å². The second-order valence-corrected chi connectivity index (χ2v) is 18.4. The van der Waals surface area contributed by atoms with Gasteiger partial charge in [0.1, 0.15) is 6.10 Å². The van der Waals surface area contributed by atoms with E-state index in [9.17, 15) is 19.8 Å². The van der Waals surface area contributed by atoms with E-state index in [2.05, 4.69) is 62.5 Å². The van der Waals surface area contributed by atoms with Gasteiger partial charge in [-0.15, -0.1) is 0 Å². The number of ether oxygens (including phenoxy) is 1. The molecule has 0 saturated carbocycles. The fraction of sp³-hybridized carbons (Fsp3) is 0.759. The van der Waals surface area contributed by atoms with Crippen molar-refractivity contribution < 1.29 is 24.5 Å². The van der Waals surface area contributed by atoms with Gasteiger partial charge in [-0.05, 0) is 70.6 Å². The third kappa shape index (κ3) is 45.9. The van der Waals surface area contributed by atoms with Crippen LogP contribution in [0.25, 0.3) is 0 Å². The van der Waals surface area contributed by atoms with Gasteiger partial charge in [0.05, 0.1) is 25.2 Å². The van der Waals surface area contributed by atoms with E-state index >= 15 is 0 Å². The Morgan fingerprint density at radius 2 is 0.844 bits per heavy atom. The highest BCUT2D eigenvalue weighted by atomic mass is 16.5. The number of carbonyl (C=O) groups excluding carboxylic acids is 2. The SMILES string of the molecule is CCC/C=C/C=C/C=C/C=C/C=C/CCCCCC(CC(=O)NC(CO)C(O)CCCCCCCCCCCC)OC(=O)CCCCCCCCCCC/C=C/CCCCCCCC. The molecule has 3 N–H and O–H groups in total. The Morgan fingerprint density at radius 1 is 0.453 bits per heavy atom. The Labute approximate surface area is 396 Å². The zero-order chi connectivity index (χ0) is 46.7. The maximum Gasteiger partial charge on any atom is 0.306 e. The number of allylic oxidation sites excluding steroid dienone is 12. The van der Waals surface area contributed by atoms with Crippen LogP contribution < -0.4 is 5.32 Å². The van der Waals surface area contributed by atoms with Gasteiger partial charge in [0, 0.05) is 6.42 Å². The zero-order valence-corrected chi connectivity index (χ0v) is 42.1. The summed E-state index contributed by atoms with van der Waals surface area (Å²) in [4.78, 5) is 26.2. The molecule has 0 spiro atoms. The van der Waals surface area contributed by atoms with Crippen molar-refractivity contribution in [3.63, 3.8) is 0 Å². The molecule has 0 heterocycles. The minimum atomic E-state index is -0.802. The molecule has 0 aliphatic rings. The average molecular weight is 894 g/mol. The van der Waals surface area contributed by atoms with E-state index < -0.39 is 18.2 Å². The minimum absolute atomic E-state index is 0.0468. The molecule has 64 heavy (non-hydrogen) atoms. The van der Waals surface area contributed by atoms with Crippen molar-refractivity contribution in [2.75, 3.05) is 6.61 Å². The smallest absolute Gasteiger partial charge is 0.306 e. The number of hydrogen-bond donors (Lipinski definition) is 3. The second kappa shape index (κ2) is 51.3. The number of carbonyl (C=O) groups is 2. The molecule has 3 unspecified atom stereocenters. The molecule has 370 valence electrons. The van der Waals surface area contributed by atoms with Crippen LogP contribution in [0, 0.1) is 0 Å². The van der Waals surface area contributed by atoms with Gasteiger partial charge in [-0.2, -0.15) is 0 Å². The number of nitrogens with one attached hydrogen (secondary N) is 1. The summed E-state index contributed by atoms with van der Waals surface area (Å²) < 4.78 is 5.93. The molecule has 6 nitrogen and oxygen atoms in total. The van der Waals surface area contributed by atoms with Crippen molar-refractivity contribution >= 4 is 11.9 Å². The summed E-state index contributed by atoms with van der Waals surface area (Å²) in [6.07, 6.45) is 65.3.